The highest BCUT2D eigenvalue weighted by atomic mass is 32.2. The number of urea groups is 1. The number of sulfonamides is 1. The Morgan fingerprint density at radius 1 is 1.07 bits per heavy atom. The summed E-state index contributed by atoms with van der Waals surface area (Å²) in [5.74, 6) is -0.190. The van der Waals surface area contributed by atoms with Gasteiger partial charge in [-0.3, -0.25) is 9.69 Å². The maximum Gasteiger partial charge on any atom is 0.325 e. The van der Waals surface area contributed by atoms with Gasteiger partial charge >= 0.3 is 6.03 Å². The number of nitrogens with one attached hydrogen (secondary N) is 1. The van der Waals surface area contributed by atoms with E-state index in [1.807, 2.05) is 24.0 Å². The van der Waals surface area contributed by atoms with Crippen molar-refractivity contribution in [1.82, 2.24) is 19.4 Å². The van der Waals surface area contributed by atoms with Crippen molar-refractivity contribution >= 4 is 22.0 Å². The largest absolute Gasteiger partial charge is 0.326 e. The average Bonchev–Trinajstić information content (AvgIpc) is 3.28. The molecule has 3 aliphatic rings. The topological polar surface area (TPSA) is 90.0 Å². The molecule has 0 radical (unpaired) electrons. The van der Waals surface area contributed by atoms with Crippen molar-refractivity contribution in [3.63, 3.8) is 0 Å². The van der Waals surface area contributed by atoms with Crippen LogP contribution in [0.5, 0.6) is 0 Å². The quantitative estimate of drug-likeness (QED) is 0.698. The third-order valence-corrected chi connectivity index (χ3v) is 7.96. The first-order valence-electron chi connectivity index (χ1n) is 10.4. The van der Waals surface area contributed by atoms with E-state index in [4.69, 9.17) is 0 Å². The normalized spacial score (nSPS) is 23.5. The molecule has 2 heterocycles. The summed E-state index contributed by atoms with van der Waals surface area (Å²) in [6.07, 6.45) is 4.50. The van der Waals surface area contributed by atoms with E-state index in [9.17, 15) is 18.0 Å². The molecular formula is C20H28N4O4S. The second-order valence-electron chi connectivity index (χ2n) is 8.00. The van der Waals surface area contributed by atoms with E-state index in [0.29, 0.717) is 37.5 Å². The van der Waals surface area contributed by atoms with E-state index in [2.05, 4.69) is 5.32 Å². The van der Waals surface area contributed by atoms with Gasteiger partial charge in [-0.05, 0) is 48.9 Å². The molecule has 0 aromatic heterocycles. The van der Waals surface area contributed by atoms with Crippen molar-refractivity contribution in [1.29, 1.82) is 0 Å². The monoisotopic (exact) mass is 420 g/mol. The van der Waals surface area contributed by atoms with Crippen molar-refractivity contribution in [2.75, 3.05) is 32.8 Å². The summed E-state index contributed by atoms with van der Waals surface area (Å²) in [6.45, 7) is 3.85. The number of rotatable bonds is 6. The molecule has 1 atom stereocenters. The Labute approximate surface area is 171 Å². The summed E-state index contributed by atoms with van der Waals surface area (Å²) in [7, 11) is -3.53. The van der Waals surface area contributed by atoms with Crippen LogP contribution >= 0.6 is 0 Å². The summed E-state index contributed by atoms with van der Waals surface area (Å²) in [5, 5.41) is 2.72. The van der Waals surface area contributed by atoms with Crippen molar-refractivity contribution < 1.29 is 18.0 Å². The molecule has 158 valence electrons. The van der Waals surface area contributed by atoms with E-state index in [-0.39, 0.29) is 18.6 Å². The van der Waals surface area contributed by atoms with E-state index >= 15 is 0 Å². The molecule has 4 rings (SSSR count). The minimum absolute atomic E-state index is 0.190. The van der Waals surface area contributed by atoms with Gasteiger partial charge < -0.3 is 5.32 Å². The highest BCUT2D eigenvalue weighted by Gasteiger charge is 2.39. The van der Waals surface area contributed by atoms with Gasteiger partial charge in [0.2, 0.25) is 10.0 Å². The number of aryl methyl sites for hydroxylation is 2. The van der Waals surface area contributed by atoms with Gasteiger partial charge in [-0.25, -0.2) is 18.1 Å². The number of nitrogens with zero attached hydrogens (tertiary/aromatic N) is 3. The Hall–Kier alpha value is -1.97. The van der Waals surface area contributed by atoms with E-state index in [1.165, 1.54) is 14.8 Å². The van der Waals surface area contributed by atoms with Gasteiger partial charge in [0.1, 0.15) is 6.04 Å². The lowest BCUT2D eigenvalue weighted by atomic mass is 10.1. The molecule has 0 saturated carbocycles. The summed E-state index contributed by atoms with van der Waals surface area (Å²) in [5.41, 5.74) is 2.40. The predicted octanol–water partition coefficient (Wildman–Crippen LogP) is 1.16. The molecule has 29 heavy (non-hydrogen) atoms. The predicted molar refractivity (Wildman–Crippen MR) is 108 cm³/mol. The lowest BCUT2D eigenvalue weighted by molar-refractivity contribution is -0.129. The van der Waals surface area contributed by atoms with Crippen molar-refractivity contribution in [2.24, 2.45) is 0 Å². The van der Waals surface area contributed by atoms with Gasteiger partial charge in [0.25, 0.3) is 5.91 Å². The number of carbonyl (C=O) groups is 2. The Bertz CT molecular complexity index is 909. The zero-order valence-electron chi connectivity index (χ0n) is 16.8. The lowest BCUT2D eigenvalue weighted by Crippen LogP contribution is -2.52. The number of carbonyl (C=O) groups excluding carboxylic acids is 2. The van der Waals surface area contributed by atoms with E-state index in [1.54, 1.807) is 6.07 Å². The number of imide groups is 1. The molecule has 8 nitrogen and oxygen atoms in total. The Morgan fingerprint density at radius 3 is 2.52 bits per heavy atom. The van der Waals surface area contributed by atoms with Gasteiger partial charge in [0, 0.05) is 26.2 Å². The van der Waals surface area contributed by atoms with Gasteiger partial charge in [0.05, 0.1) is 11.6 Å². The first-order chi connectivity index (χ1) is 13.9. The SMILES string of the molecule is CCC[C@@H]1NC(=O)N(CN2CCN(S(=O)(=O)c3ccc4c(c3)CCC4)CC2)C1=O. The molecule has 0 bridgehead atoms. The van der Waals surface area contributed by atoms with E-state index in [0.717, 1.165) is 31.2 Å². The van der Waals surface area contributed by atoms with Crippen molar-refractivity contribution in [3.05, 3.63) is 29.3 Å². The van der Waals surface area contributed by atoms with Gasteiger partial charge in [-0.15, -0.1) is 0 Å². The molecule has 3 amide bonds. The van der Waals surface area contributed by atoms with Gasteiger partial charge in [-0.2, -0.15) is 4.31 Å². The summed E-state index contributed by atoms with van der Waals surface area (Å²) in [6, 6.07) is 4.68. The molecule has 2 fully saturated rings. The van der Waals surface area contributed by atoms with Crippen LogP contribution in [0, 0.1) is 0 Å². The number of hydrogen-bond acceptors (Lipinski definition) is 5. The fourth-order valence-corrected chi connectivity index (χ4v) is 5.84. The Balaban J connectivity index is 1.37. The fraction of sp³-hybridized carbons (Fsp3) is 0.600. The molecule has 2 aliphatic heterocycles. The number of amides is 3. The summed E-state index contributed by atoms with van der Waals surface area (Å²) < 4.78 is 27.6. The van der Waals surface area contributed by atoms with Gasteiger partial charge in [0.15, 0.2) is 0 Å². The Kier molecular flexibility index (Phi) is 5.63. The minimum Gasteiger partial charge on any atom is -0.326 e. The van der Waals surface area contributed by atoms with Crippen LogP contribution in [-0.4, -0.2) is 73.4 Å². The number of hydrogen-bond donors (Lipinski definition) is 1. The zero-order valence-corrected chi connectivity index (χ0v) is 17.6. The number of piperazine rings is 1. The second kappa shape index (κ2) is 8.04. The highest BCUT2D eigenvalue weighted by molar-refractivity contribution is 7.89. The van der Waals surface area contributed by atoms with Crippen LogP contribution in [0.2, 0.25) is 0 Å². The number of benzene rings is 1. The molecule has 1 N–H and O–H groups in total. The van der Waals surface area contributed by atoms with Gasteiger partial charge in [-0.1, -0.05) is 19.4 Å². The van der Waals surface area contributed by atoms with Crippen LogP contribution in [0.4, 0.5) is 4.79 Å². The second-order valence-corrected chi connectivity index (χ2v) is 9.94. The molecule has 1 aromatic rings. The lowest BCUT2D eigenvalue weighted by Gasteiger charge is -2.35. The fourth-order valence-electron chi connectivity index (χ4n) is 4.36. The Morgan fingerprint density at radius 2 is 1.79 bits per heavy atom. The third kappa shape index (κ3) is 3.91. The van der Waals surface area contributed by atoms with Crippen molar-refractivity contribution in [3.8, 4) is 0 Å². The van der Waals surface area contributed by atoms with Crippen LogP contribution in [0.1, 0.15) is 37.3 Å². The first-order valence-corrected chi connectivity index (χ1v) is 11.8. The molecule has 1 aliphatic carbocycles. The summed E-state index contributed by atoms with van der Waals surface area (Å²) >= 11 is 0. The minimum atomic E-state index is -3.53. The van der Waals surface area contributed by atoms with Crippen LogP contribution < -0.4 is 5.32 Å². The van der Waals surface area contributed by atoms with Crippen molar-refractivity contribution in [2.45, 2.75) is 50.0 Å². The average molecular weight is 421 g/mol. The van der Waals surface area contributed by atoms with Crippen LogP contribution in [0.25, 0.3) is 0 Å². The van der Waals surface area contributed by atoms with E-state index < -0.39 is 16.1 Å². The third-order valence-electron chi connectivity index (χ3n) is 6.06. The molecule has 0 unspecified atom stereocenters. The molecular weight excluding hydrogens is 392 g/mol. The maximum absolute atomic E-state index is 13.0. The molecule has 9 heteroatoms. The van der Waals surface area contributed by atoms with Crippen LogP contribution in [0.15, 0.2) is 23.1 Å². The van der Waals surface area contributed by atoms with Crippen LogP contribution in [-0.2, 0) is 27.7 Å². The molecule has 2 saturated heterocycles. The first kappa shape index (κ1) is 20.3. The highest BCUT2D eigenvalue weighted by Crippen LogP contribution is 2.26. The van der Waals surface area contributed by atoms with Crippen LogP contribution in [0.3, 0.4) is 0 Å². The summed E-state index contributed by atoms with van der Waals surface area (Å²) in [4.78, 5) is 28.1. The smallest absolute Gasteiger partial charge is 0.325 e. The number of fused-ring (bicyclic) bond motifs is 1. The maximum atomic E-state index is 13.0. The standard InChI is InChI=1S/C20H28N4O4S/c1-2-4-18-19(25)24(20(26)21-18)14-22-9-11-23(12-10-22)29(27,28)17-8-7-15-5-3-6-16(15)13-17/h7-8,13,18H,2-6,9-12,14H2,1H3,(H,21,26)/t18-/m0/s1. The molecule has 0 spiro atoms. The molecule has 1 aromatic carbocycles. The zero-order chi connectivity index (χ0) is 20.6.